The first-order valence-corrected chi connectivity index (χ1v) is 6.09. The van der Waals surface area contributed by atoms with E-state index < -0.39 is 0 Å². The molecule has 0 fully saturated rings. The van der Waals surface area contributed by atoms with Gasteiger partial charge in [-0.25, -0.2) is 4.39 Å². The van der Waals surface area contributed by atoms with Crippen LogP contribution >= 0.6 is 0 Å². The maximum Gasteiger partial charge on any atom is 0.246 e. The molecule has 1 aromatic carbocycles. The fraction of sp³-hybridized carbons (Fsp3) is 0.143. The largest absolute Gasteiger partial charge is 0.461 e. The van der Waals surface area contributed by atoms with Crippen molar-refractivity contribution in [3.63, 3.8) is 0 Å². The van der Waals surface area contributed by atoms with Gasteiger partial charge in [-0.2, -0.15) is 4.98 Å². The van der Waals surface area contributed by atoms with E-state index in [0.29, 0.717) is 23.2 Å². The van der Waals surface area contributed by atoms with Gasteiger partial charge in [0.15, 0.2) is 5.76 Å². The second-order valence-corrected chi connectivity index (χ2v) is 4.33. The standard InChI is InChI=1S/C14H12FN3O2/c1-9-4-5-11(10(15)7-9)16-8-13-17-14(18-20-13)12-3-2-6-19-12/h2-7,16H,8H2,1H3. The van der Waals surface area contributed by atoms with Crippen LogP contribution in [-0.2, 0) is 6.54 Å². The SMILES string of the molecule is Cc1ccc(NCc2nc(-c3ccco3)no2)c(F)c1. The molecule has 2 aromatic heterocycles. The zero-order valence-corrected chi connectivity index (χ0v) is 10.8. The van der Waals surface area contributed by atoms with E-state index in [-0.39, 0.29) is 12.4 Å². The molecule has 0 unspecified atom stereocenters. The maximum absolute atomic E-state index is 13.6. The lowest BCUT2D eigenvalue weighted by molar-refractivity contribution is 0.382. The van der Waals surface area contributed by atoms with E-state index in [4.69, 9.17) is 8.94 Å². The number of benzene rings is 1. The van der Waals surface area contributed by atoms with Gasteiger partial charge >= 0.3 is 0 Å². The van der Waals surface area contributed by atoms with E-state index in [0.717, 1.165) is 5.56 Å². The summed E-state index contributed by atoms with van der Waals surface area (Å²) in [5, 5.41) is 6.71. The van der Waals surface area contributed by atoms with Crippen molar-refractivity contribution >= 4 is 5.69 Å². The van der Waals surface area contributed by atoms with Crippen LogP contribution in [0.2, 0.25) is 0 Å². The summed E-state index contributed by atoms with van der Waals surface area (Å²) in [6, 6.07) is 8.44. The van der Waals surface area contributed by atoms with E-state index in [1.165, 1.54) is 12.3 Å². The lowest BCUT2D eigenvalue weighted by Crippen LogP contribution is -2.01. The van der Waals surface area contributed by atoms with E-state index in [1.54, 1.807) is 18.2 Å². The van der Waals surface area contributed by atoms with Crippen molar-refractivity contribution in [3.8, 4) is 11.6 Å². The number of halogens is 1. The Balaban J connectivity index is 1.70. The molecule has 0 aliphatic carbocycles. The molecule has 0 saturated carbocycles. The van der Waals surface area contributed by atoms with Crippen LogP contribution in [0.25, 0.3) is 11.6 Å². The van der Waals surface area contributed by atoms with Crippen LogP contribution < -0.4 is 5.32 Å². The van der Waals surface area contributed by atoms with Gasteiger partial charge in [0.2, 0.25) is 11.7 Å². The van der Waals surface area contributed by atoms with Crippen molar-refractivity contribution in [1.29, 1.82) is 0 Å². The molecule has 20 heavy (non-hydrogen) atoms. The summed E-state index contributed by atoms with van der Waals surface area (Å²) in [6.07, 6.45) is 1.53. The molecular weight excluding hydrogens is 261 g/mol. The third kappa shape index (κ3) is 2.54. The Bertz CT molecular complexity index is 707. The van der Waals surface area contributed by atoms with Gasteiger partial charge in [-0.05, 0) is 36.8 Å². The first-order chi connectivity index (χ1) is 9.72. The van der Waals surface area contributed by atoms with Crippen LogP contribution in [0.1, 0.15) is 11.5 Å². The van der Waals surface area contributed by atoms with Crippen LogP contribution in [0.15, 0.2) is 45.5 Å². The topological polar surface area (TPSA) is 64.1 Å². The molecule has 5 nitrogen and oxygen atoms in total. The molecule has 0 amide bonds. The average Bonchev–Trinajstić information content (AvgIpc) is 3.08. The second kappa shape index (κ2) is 5.16. The minimum Gasteiger partial charge on any atom is -0.461 e. The van der Waals surface area contributed by atoms with Gasteiger partial charge in [-0.3, -0.25) is 0 Å². The fourth-order valence-corrected chi connectivity index (χ4v) is 1.77. The molecule has 0 aliphatic heterocycles. The molecule has 2 heterocycles. The average molecular weight is 273 g/mol. The number of aryl methyl sites for hydroxylation is 1. The highest BCUT2D eigenvalue weighted by Gasteiger charge is 2.11. The zero-order chi connectivity index (χ0) is 13.9. The molecule has 0 bridgehead atoms. The molecule has 0 radical (unpaired) electrons. The summed E-state index contributed by atoms with van der Waals surface area (Å²) in [5.41, 5.74) is 1.26. The first-order valence-electron chi connectivity index (χ1n) is 6.09. The minimum absolute atomic E-state index is 0.244. The summed E-state index contributed by atoms with van der Waals surface area (Å²) in [6.45, 7) is 2.08. The lowest BCUT2D eigenvalue weighted by atomic mass is 10.2. The number of hydrogen-bond acceptors (Lipinski definition) is 5. The molecule has 0 saturated heterocycles. The van der Waals surface area contributed by atoms with E-state index in [9.17, 15) is 4.39 Å². The van der Waals surface area contributed by atoms with Crippen molar-refractivity contribution in [2.75, 3.05) is 5.32 Å². The van der Waals surface area contributed by atoms with Gasteiger partial charge in [0.05, 0.1) is 18.5 Å². The quantitative estimate of drug-likeness (QED) is 0.789. The molecule has 0 atom stereocenters. The van der Waals surface area contributed by atoms with Gasteiger partial charge in [-0.1, -0.05) is 11.2 Å². The van der Waals surface area contributed by atoms with Gasteiger partial charge in [-0.15, -0.1) is 0 Å². The van der Waals surface area contributed by atoms with Crippen LogP contribution in [0.4, 0.5) is 10.1 Å². The molecule has 1 N–H and O–H groups in total. The van der Waals surface area contributed by atoms with Crippen LogP contribution in [0, 0.1) is 12.7 Å². The summed E-state index contributed by atoms with van der Waals surface area (Å²) in [4.78, 5) is 4.16. The Morgan fingerprint density at radius 1 is 1.30 bits per heavy atom. The van der Waals surface area contributed by atoms with Crippen molar-refractivity contribution in [3.05, 3.63) is 53.9 Å². The molecule has 0 aliphatic rings. The summed E-state index contributed by atoms with van der Waals surface area (Å²) >= 11 is 0. The number of anilines is 1. The number of nitrogens with one attached hydrogen (secondary N) is 1. The number of nitrogens with zero attached hydrogens (tertiary/aromatic N) is 2. The van der Waals surface area contributed by atoms with Gasteiger partial charge in [0.1, 0.15) is 5.82 Å². The lowest BCUT2D eigenvalue weighted by Gasteiger charge is -2.05. The Hall–Kier alpha value is -2.63. The highest BCUT2D eigenvalue weighted by Crippen LogP contribution is 2.18. The van der Waals surface area contributed by atoms with Crippen molar-refractivity contribution in [1.82, 2.24) is 10.1 Å². The van der Waals surface area contributed by atoms with Gasteiger partial charge < -0.3 is 14.3 Å². The van der Waals surface area contributed by atoms with Crippen molar-refractivity contribution in [2.24, 2.45) is 0 Å². The summed E-state index contributed by atoms with van der Waals surface area (Å²) in [7, 11) is 0. The normalized spacial score (nSPS) is 10.7. The van der Waals surface area contributed by atoms with Crippen LogP contribution in [0.3, 0.4) is 0 Å². The number of rotatable bonds is 4. The van der Waals surface area contributed by atoms with E-state index in [2.05, 4.69) is 15.5 Å². The Kier molecular flexibility index (Phi) is 3.20. The molecule has 3 aromatic rings. The Morgan fingerprint density at radius 2 is 2.20 bits per heavy atom. The third-order valence-electron chi connectivity index (χ3n) is 2.76. The molecule has 0 spiro atoms. The highest BCUT2D eigenvalue weighted by atomic mass is 19.1. The maximum atomic E-state index is 13.6. The van der Waals surface area contributed by atoms with Crippen LogP contribution in [0.5, 0.6) is 0 Å². The predicted molar refractivity (Wildman–Crippen MR) is 70.5 cm³/mol. The first kappa shape index (κ1) is 12.4. The summed E-state index contributed by atoms with van der Waals surface area (Å²) in [5.74, 6) is 0.949. The Morgan fingerprint density at radius 3 is 2.95 bits per heavy atom. The number of hydrogen-bond donors (Lipinski definition) is 1. The molecule has 3 rings (SSSR count). The van der Waals surface area contributed by atoms with Crippen molar-refractivity contribution < 1.29 is 13.3 Å². The second-order valence-electron chi connectivity index (χ2n) is 4.33. The third-order valence-corrected chi connectivity index (χ3v) is 2.76. The number of aromatic nitrogens is 2. The molecule has 102 valence electrons. The Labute approximate surface area is 114 Å². The monoisotopic (exact) mass is 273 g/mol. The zero-order valence-electron chi connectivity index (χ0n) is 10.8. The predicted octanol–water partition coefficient (Wildman–Crippen LogP) is 3.39. The molecule has 6 heteroatoms. The number of furan rings is 1. The fourth-order valence-electron chi connectivity index (χ4n) is 1.77. The van der Waals surface area contributed by atoms with E-state index >= 15 is 0 Å². The summed E-state index contributed by atoms with van der Waals surface area (Å²) < 4.78 is 23.9. The minimum atomic E-state index is -0.309. The van der Waals surface area contributed by atoms with E-state index in [1.807, 2.05) is 13.0 Å². The van der Waals surface area contributed by atoms with Gasteiger partial charge in [0.25, 0.3) is 0 Å². The smallest absolute Gasteiger partial charge is 0.246 e. The highest BCUT2D eigenvalue weighted by molar-refractivity contribution is 5.47. The molecular formula is C14H12FN3O2. The van der Waals surface area contributed by atoms with Crippen molar-refractivity contribution in [2.45, 2.75) is 13.5 Å². The van der Waals surface area contributed by atoms with Gasteiger partial charge in [0, 0.05) is 0 Å². The van der Waals surface area contributed by atoms with Crippen LogP contribution in [-0.4, -0.2) is 10.1 Å².